The first-order chi connectivity index (χ1) is 16.9. The zero-order valence-electron chi connectivity index (χ0n) is 18.3. The van der Waals surface area contributed by atoms with Gasteiger partial charge in [-0.05, 0) is 37.1 Å². The number of hydrogen-bond donors (Lipinski definition) is 2. The smallest absolute Gasteiger partial charge is 0.366 e. The summed E-state index contributed by atoms with van der Waals surface area (Å²) in [5.74, 6) is 0.725. The molecule has 0 aliphatic heterocycles. The van der Waals surface area contributed by atoms with Crippen molar-refractivity contribution in [1.29, 1.82) is 0 Å². The van der Waals surface area contributed by atoms with Crippen LogP contribution in [0.25, 0.3) is 22.6 Å². The molecule has 0 atom stereocenters. The molecule has 0 unspecified atom stereocenters. The fourth-order valence-corrected chi connectivity index (χ4v) is 4.01. The van der Waals surface area contributed by atoms with Crippen LogP contribution in [0.5, 0.6) is 0 Å². The van der Waals surface area contributed by atoms with E-state index in [-0.39, 0.29) is 17.2 Å². The van der Waals surface area contributed by atoms with E-state index in [1.165, 1.54) is 18.5 Å². The van der Waals surface area contributed by atoms with Crippen LogP contribution in [-0.2, 0) is 12.9 Å². The van der Waals surface area contributed by atoms with E-state index < -0.39 is 18.4 Å². The van der Waals surface area contributed by atoms with Gasteiger partial charge in [-0.3, -0.25) is 0 Å². The van der Waals surface area contributed by atoms with E-state index in [1.807, 2.05) is 0 Å². The normalized spacial score (nSPS) is 14.4. The van der Waals surface area contributed by atoms with Gasteiger partial charge < -0.3 is 10.6 Å². The first kappa shape index (κ1) is 22.8. The second-order valence-electron chi connectivity index (χ2n) is 8.20. The van der Waals surface area contributed by atoms with Crippen molar-refractivity contribution in [2.24, 2.45) is 0 Å². The predicted molar refractivity (Wildman–Crippen MR) is 122 cm³/mol. The molecule has 35 heavy (non-hydrogen) atoms. The Morgan fingerprint density at radius 2 is 1.77 bits per heavy atom. The number of nitrogens with zero attached hydrogens (tertiary/aromatic N) is 6. The van der Waals surface area contributed by atoms with Crippen molar-refractivity contribution in [3.8, 4) is 11.4 Å². The van der Waals surface area contributed by atoms with Crippen LogP contribution < -0.4 is 10.6 Å². The Morgan fingerprint density at radius 3 is 2.49 bits per heavy atom. The molecule has 0 amide bonds. The van der Waals surface area contributed by atoms with Crippen molar-refractivity contribution >= 4 is 28.5 Å². The SMILES string of the molecule is FCc1cc(NC2CCCC2)nnc1-c1cnc2c(Nc3ccc(C(F)(F)F)cn3)ccnc2n1. The monoisotopic (exact) mass is 484 g/mol. The Balaban J connectivity index is 1.41. The van der Waals surface area contributed by atoms with Crippen molar-refractivity contribution < 1.29 is 17.6 Å². The average Bonchev–Trinajstić information content (AvgIpc) is 3.37. The molecular weight excluding hydrogens is 464 g/mol. The third kappa shape index (κ3) is 4.96. The Bertz CT molecular complexity index is 1340. The summed E-state index contributed by atoms with van der Waals surface area (Å²) in [4.78, 5) is 16.9. The number of alkyl halides is 4. The van der Waals surface area contributed by atoms with Crippen molar-refractivity contribution in [2.75, 3.05) is 10.6 Å². The molecule has 1 aliphatic rings. The standard InChI is InChI=1S/C23H20F4N8/c24-10-13-9-19(31-15-3-1-2-4-15)34-35-20(13)17-12-30-21-16(7-8-28-22(21)33-17)32-18-6-5-14(11-29-18)23(25,26)27/h5-9,11-12,15H,1-4,10H2,(H,31,34)(H,28,29,32,33). The minimum absolute atomic E-state index is 0.201. The lowest BCUT2D eigenvalue weighted by Gasteiger charge is -2.14. The molecule has 2 N–H and O–H groups in total. The van der Waals surface area contributed by atoms with Crippen LogP contribution in [-0.4, -0.2) is 36.2 Å². The molecule has 0 aromatic carbocycles. The number of fused-ring (bicyclic) bond motifs is 1. The number of rotatable bonds is 6. The third-order valence-electron chi connectivity index (χ3n) is 5.77. The fourth-order valence-electron chi connectivity index (χ4n) is 4.01. The third-order valence-corrected chi connectivity index (χ3v) is 5.77. The van der Waals surface area contributed by atoms with Gasteiger partial charge in [-0.15, -0.1) is 10.2 Å². The van der Waals surface area contributed by atoms with E-state index in [0.29, 0.717) is 34.3 Å². The maximum Gasteiger partial charge on any atom is 0.417 e. The first-order valence-electron chi connectivity index (χ1n) is 11.0. The van der Waals surface area contributed by atoms with Gasteiger partial charge in [-0.1, -0.05) is 12.8 Å². The van der Waals surface area contributed by atoms with Crippen molar-refractivity contribution in [1.82, 2.24) is 30.1 Å². The lowest BCUT2D eigenvalue weighted by atomic mass is 10.1. The molecule has 180 valence electrons. The van der Waals surface area contributed by atoms with E-state index in [4.69, 9.17) is 0 Å². The lowest BCUT2D eigenvalue weighted by Crippen LogP contribution is -2.16. The molecule has 1 fully saturated rings. The molecule has 1 aliphatic carbocycles. The zero-order valence-corrected chi connectivity index (χ0v) is 18.3. The van der Waals surface area contributed by atoms with E-state index >= 15 is 0 Å². The summed E-state index contributed by atoms with van der Waals surface area (Å²) in [6.07, 6.45) is 3.60. The summed E-state index contributed by atoms with van der Waals surface area (Å²) in [5, 5.41) is 14.6. The number of aromatic nitrogens is 6. The van der Waals surface area contributed by atoms with Crippen LogP contribution in [0.4, 0.5) is 34.9 Å². The van der Waals surface area contributed by atoms with Gasteiger partial charge in [0.2, 0.25) is 0 Å². The van der Waals surface area contributed by atoms with Crippen LogP contribution in [0.15, 0.2) is 42.9 Å². The predicted octanol–water partition coefficient (Wildman–Crippen LogP) is 5.46. The van der Waals surface area contributed by atoms with Gasteiger partial charge in [0.15, 0.2) is 5.65 Å². The van der Waals surface area contributed by atoms with E-state index in [2.05, 4.69) is 40.8 Å². The molecule has 8 nitrogen and oxygen atoms in total. The Morgan fingerprint density at radius 1 is 0.943 bits per heavy atom. The Labute approximate surface area is 197 Å². The summed E-state index contributed by atoms with van der Waals surface area (Å²) in [7, 11) is 0. The highest BCUT2D eigenvalue weighted by molar-refractivity contribution is 5.87. The van der Waals surface area contributed by atoms with Gasteiger partial charge >= 0.3 is 6.18 Å². The quantitative estimate of drug-likeness (QED) is 0.348. The second kappa shape index (κ2) is 9.35. The molecule has 0 bridgehead atoms. The van der Waals surface area contributed by atoms with Crippen LogP contribution in [0, 0.1) is 0 Å². The average molecular weight is 484 g/mol. The minimum Gasteiger partial charge on any atom is -0.366 e. The molecule has 4 aromatic heterocycles. The summed E-state index contributed by atoms with van der Waals surface area (Å²) in [6.45, 7) is -0.751. The zero-order chi connectivity index (χ0) is 24.4. The van der Waals surface area contributed by atoms with Gasteiger partial charge in [0, 0.05) is 24.0 Å². The number of halogens is 4. The Kier molecular flexibility index (Phi) is 6.10. The molecule has 1 saturated carbocycles. The summed E-state index contributed by atoms with van der Waals surface area (Å²) < 4.78 is 52.2. The number of hydrogen-bond acceptors (Lipinski definition) is 8. The summed E-state index contributed by atoms with van der Waals surface area (Å²) in [5.41, 5.74) is 1.13. The number of pyridine rings is 2. The van der Waals surface area contributed by atoms with Crippen molar-refractivity contribution in [2.45, 2.75) is 44.6 Å². The molecule has 0 radical (unpaired) electrons. The van der Waals surface area contributed by atoms with Crippen LogP contribution in [0.2, 0.25) is 0 Å². The van der Waals surface area contributed by atoms with Crippen LogP contribution in [0.1, 0.15) is 36.8 Å². The van der Waals surface area contributed by atoms with E-state index in [1.54, 1.807) is 12.1 Å². The number of nitrogens with one attached hydrogen (secondary N) is 2. The molecular formula is C23H20F4N8. The Hall–Kier alpha value is -3.96. The highest BCUT2D eigenvalue weighted by Gasteiger charge is 2.30. The lowest BCUT2D eigenvalue weighted by molar-refractivity contribution is -0.137. The molecule has 5 rings (SSSR count). The maximum absolute atomic E-state index is 13.8. The van der Waals surface area contributed by atoms with E-state index in [0.717, 1.165) is 37.9 Å². The van der Waals surface area contributed by atoms with Gasteiger partial charge in [0.1, 0.15) is 35.2 Å². The van der Waals surface area contributed by atoms with Crippen LogP contribution in [0.3, 0.4) is 0 Å². The van der Waals surface area contributed by atoms with Gasteiger partial charge in [0.25, 0.3) is 0 Å². The first-order valence-corrected chi connectivity index (χ1v) is 11.0. The molecule has 0 saturated heterocycles. The van der Waals surface area contributed by atoms with Crippen molar-refractivity contribution in [3.63, 3.8) is 0 Å². The van der Waals surface area contributed by atoms with Crippen LogP contribution >= 0.6 is 0 Å². The van der Waals surface area contributed by atoms with Gasteiger partial charge in [0.05, 0.1) is 17.4 Å². The molecule has 4 aromatic rings. The highest BCUT2D eigenvalue weighted by Crippen LogP contribution is 2.30. The van der Waals surface area contributed by atoms with E-state index in [9.17, 15) is 17.6 Å². The molecule has 12 heteroatoms. The van der Waals surface area contributed by atoms with Crippen molar-refractivity contribution in [3.05, 3.63) is 54.0 Å². The maximum atomic E-state index is 13.8. The largest absolute Gasteiger partial charge is 0.417 e. The second-order valence-corrected chi connectivity index (χ2v) is 8.20. The fraction of sp³-hybridized carbons (Fsp3) is 0.304. The summed E-state index contributed by atoms with van der Waals surface area (Å²) >= 11 is 0. The van der Waals surface area contributed by atoms with Gasteiger partial charge in [-0.25, -0.2) is 24.3 Å². The topological polar surface area (TPSA) is 101 Å². The summed E-state index contributed by atoms with van der Waals surface area (Å²) in [6, 6.07) is 5.71. The number of anilines is 3. The minimum atomic E-state index is -4.47. The highest BCUT2D eigenvalue weighted by atomic mass is 19.4. The molecule has 0 spiro atoms. The molecule has 4 heterocycles. The van der Waals surface area contributed by atoms with Gasteiger partial charge in [-0.2, -0.15) is 13.2 Å².